The van der Waals surface area contributed by atoms with Crippen LogP contribution < -0.4 is 10.6 Å². The summed E-state index contributed by atoms with van der Waals surface area (Å²) in [5, 5.41) is 6.15. The number of hydrogen-bond donors (Lipinski definition) is 2. The van der Waals surface area contributed by atoms with Crippen LogP contribution in [0.3, 0.4) is 0 Å². The van der Waals surface area contributed by atoms with Gasteiger partial charge in [0.05, 0.1) is 11.9 Å². The second-order valence-electron chi connectivity index (χ2n) is 5.21. The number of aromatic nitrogens is 2. The molecule has 0 bridgehead atoms. The molecule has 1 atom stereocenters. The summed E-state index contributed by atoms with van der Waals surface area (Å²) in [7, 11) is 0. The van der Waals surface area contributed by atoms with E-state index in [9.17, 15) is 4.79 Å². The molecule has 6 heteroatoms. The Morgan fingerprint density at radius 1 is 1.33 bits per heavy atom. The lowest BCUT2D eigenvalue weighted by Gasteiger charge is -2.16. The maximum Gasteiger partial charge on any atom is 0.272 e. The third-order valence-electron chi connectivity index (χ3n) is 2.86. The standard InChI is InChI=1S/C15H26N4OS/c1-6-16-12-8-17-14(10(3)4)19-13(12)15(20)18-11(5)9-21-7-2/h8,10-11,16H,6-7,9H2,1-5H3,(H,18,20). The van der Waals surface area contributed by atoms with E-state index in [0.29, 0.717) is 17.2 Å². The number of anilines is 1. The zero-order chi connectivity index (χ0) is 15.8. The summed E-state index contributed by atoms with van der Waals surface area (Å²) in [6.07, 6.45) is 1.70. The summed E-state index contributed by atoms with van der Waals surface area (Å²) in [4.78, 5) is 21.2. The predicted octanol–water partition coefficient (Wildman–Crippen LogP) is 2.90. The molecular weight excluding hydrogens is 284 g/mol. The van der Waals surface area contributed by atoms with Crippen molar-refractivity contribution in [3.05, 3.63) is 17.7 Å². The Kier molecular flexibility index (Phi) is 7.50. The average Bonchev–Trinajstić information content (AvgIpc) is 2.45. The van der Waals surface area contributed by atoms with Crippen molar-refractivity contribution in [3.63, 3.8) is 0 Å². The topological polar surface area (TPSA) is 66.9 Å². The van der Waals surface area contributed by atoms with Gasteiger partial charge in [0, 0.05) is 24.3 Å². The number of nitrogens with one attached hydrogen (secondary N) is 2. The van der Waals surface area contributed by atoms with Crippen molar-refractivity contribution >= 4 is 23.4 Å². The van der Waals surface area contributed by atoms with Crippen LogP contribution in [0.1, 0.15) is 56.8 Å². The summed E-state index contributed by atoms with van der Waals surface area (Å²) < 4.78 is 0. The van der Waals surface area contributed by atoms with Gasteiger partial charge in [-0.15, -0.1) is 0 Å². The van der Waals surface area contributed by atoms with E-state index in [1.807, 2.05) is 39.5 Å². The van der Waals surface area contributed by atoms with Crippen molar-refractivity contribution in [3.8, 4) is 0 Å². The zero-order valence-corrected chi connectivity index (χ0v) is 14.4. The Balaban J connectivity index is 2.91. The lowest BCUT2D eigenvalue weighted by Crippen LogP contribution is -2.35. The van der Waals surface area contributed by atoms with Gasteiger partial charge in [-0.25, -0.2) is 9.97 Å². The van der Waals surface area contributed by atoms with Crippen LogP contribution in [-0.4, -0.2) is 40.0 Å². The van der Waals surface area contributed by atoms with Crippen molar-refractivity contribution in [2.75, 3.05) is 23.4 Å². The molecule has 0 spiro atoms. The lowest BCUT2D eigenvalue weighted by molar-refractivity contribution is 0.0939. The fourth-order valence-electron chi connectivity index (χ4n) is 1.79. The molecule has 0 aliphatic carbocycles. The molecule has 0 aromatic carbocycles. The average molecular weight is 310 g/mol. The Bertz CT molecular complexity index is 465. The molecule has 1 aromatic rings. The first-order valence-electron chi connectivity index (χ1n) is 7.48. The SMILES string of the molecule is CCNc1cnc(C(C)C)nc1C(=O)NC(C)CSCC. The second kappa shape index (κ2) is 8.87. The quantitative estimate of drug-likeness (QED) is 0.773. The summed E-state index contributed by atoms with van der Waals surface area (Å²) >= 11 is 1.81. The highest BCUT2D eigenvalue weighted by Gasteiger charge is 2.17. The van der Waals surface area contributed by atoms with Crippen molar-refractivity contribution in [2.45, 2.75) is 46.6 Å². The summed E-state index contributed by atoms with van der Waals surface area (Å²) in [6.45, 7) is 10.9. The Morgan fingerprint density at radius 2 is 2.05 bits per heavy atom. The van der Waals surface area contributed by atoms with Gasteiger partial charge in [0.1, 0.15) is 5.82 Å². The fourth-order valence-corrected chi connectivity index (χ4v) is 2.47. The third kappa shape index (κ3) is 5.53. The number of hydrogen-bond acceptors (Lipinski definition) is 5. The molecule has 1 heterocycles. The summed E-state index contributed by atoms with van der Waals surface area (Å²) in [6, 6.07) is 0.120. The molecule has 1 unspecified atom stereocenters. The van der Waals surface area contributed by atoms with Crippen molar-refractivity contribution in [1.29, 1.82) is 0 Å². The second-order valence-corrected chi connectivity index (χ2v) is 6.53. The van der Waals surface area contributed by atoms with E-state index in [0.717, 1.165) is 18.1 Å². The van der Waals surface area contributed by atoms with Crippen molar-refractivity contribution in [1.82, 2.24) is 15.3 Å². The number of amides is 1. The van der Waals surface area contributed by atoms with E-state index in [2.05, 4.69) is 27.5 Å². The van der Waals surface area contributed by atoms with Gasteiger partial charge in [-0.2, -0.15) is 11.8 Å². The van der Waals surface area contributed by atoms with E-state index in [1.54, 1.807) is 6.20 Å². The minimum Gasteiger partial charge on any atom is -0.382 e. The summed E-state index contributed by atoms with van der Waals surface area (Å²) in [5.41, 5.74) is 1.12. The van der Waals surface area contributed by atoms with Crippen LogP contribution in [0, 0.1) is 0 Å². The van der Waals surface area contributed by atoms with Gasteiger partial charge < -0.3 is 10.6 Å². The number of nitrogens with zero attached hydrogens (tertiary/aromatic N) is 2. The Hall–Kier alpha value is -1.30. The monoisotopic (exact) mass is 310 g/mol. The van der Waals surface area contributed by atoms with Crippen molar-refractivity contribution in [2.24, 2.45) is 0 Å². The molecule has 0 saturated carbocycles. The number of thioether (sulfide) groups is 1. The normalized spacial score (nSPS) is 12.3. The van der Waals surface area contributed by atoms with Gasteiger partial charge in [0.25, 0.3) is 5.91 Å². The van der Waals surface area contributed by atoms with Gasteiger partial charge in [0.2, 0.25) is 0 Å². The summed E-state index contributed by atoms with van der Waals surface area (Å²) in [5.74, 6) is 2.70. The molecule has 21 heavy (non-hydrogen) atoms. The van der Waals surface area contributed by atoms with Gasteiger partial charge in [-0.05, 0) is 19.6 Å². The molecular formula is C15H26N4OS. The van der Waals surface area contributed by atoms with E-state index >= 15 is 0 Å². The molecule has 1 rings (SSSR count). The van der Waals surface area contributed by atoms with Gasteiger partial charge in [-0.3, -0.25) is 4.79 Å². The largest absolute Gasteiger partial charge is 0.382 e. The van der Waals surface area contributed by atoms with Crippen LogP contribution >= 0.6 is 11.8 Å². The highest BCUT2D eigenvalue weighted by atomic mass is 32.2. The van der Waals surface area contributed by atoms with Crippen LogP contribution in [0.2, 0.25) is 0 Å². The smallest absolute Gasteiger partial charge is 0.272 e. The Morgan fingerprint density at radius 3 is 2.62 bits per heavy atom. The van der Waals surface area contributed by atoms with Crippen LogP contribution in [0.15, 0.2) is 6.20 Å². The molecule has 1 amide bonds. The molecule has 118 valence electrons. The first kappa shape index (κ1) is 17.8. The molecule has 1 aromatic heterocycles. The minimum atomic E-state index is -0.139. The van der Waals surface area contributed by atoms with E-state index in [1.165, 1.54) is 0 Å². The van der Waals surface area contributed by atoms with Crippen LogP contribution in [0.5, 0.6) is 0 Å². The molecule has 0 radical (unpaired) electrons. The zero-order valence-electron chi connectivity index (χ0n) is 13.6. The minimum absolute atomic E-state index is 0.120. The van der Waals surface area contributed by atoms with Gasteiger partial charge in [0.15, 0.2) is 5.69 Å². The van der Waals surface area contributed by atoms with Gasteiger partial charge in [-0.1, -0.05) is 20.8 Å². The lowest BCUT2D eigenvalue weighted by atomic mass is 10.2. The maximum atomic E-state index is 12.4. The molecule has 0 aliphatic rings. The number of rotatable bonds is 8. The maximum absolute atomic E-state index is 12.4. The molecule has 0 fully saturated rings. The fraction of sp³-hybridized carbons (Fsp3) is 0.667. The predicted molar refractivity (Wildman–Crippen MR) is 90.2 cm³/mol. The number of carbonyl (C=O) groups is 1. The van der Waals surface area contributed by atoms with Crippen molar-refractivity contribution < 1.29 is 4.79 Å². The van der Waals surface area contributed by atoms with Gasteiger partial charge >= 0.3 is 0 Å². The van der Waals surface area contributed by atoms with Crippen LogP contribution in [-0.2, 0) is 0 Å². The van der Waals surface area contributed by atoms with Crippen LogP contribution in [0.25, 0.3) is 0 Å². The number of carbonyl (C=O) groups excluding carboxylic acids is 1. The first-order chi connectivity index (χ1) is 9.99. The third-order valence-corrected chi connectivity index (χ3v) is 4.00. The van der Waals surface area contributed by atoms with E-state index < -0.39 is 0 Å². The van der Waals surface area contributed by atoms with E-state index in [-0.39, 0.29) is 17.9 Å². The Labute approximate surface area is 131 Å². The molecule has 5 nitrogen and oxygen atoms in total. The highest BCUT2D eigenvalue weighted by Crippen LogP contribution is 2.16. The molecule has 2 N–H and O–H groups in total. The molecule has 0 aliphatic heterocycles. The van der Waals surface area contributed by atoms with Crippen LogP contribution in [0.4, 0.5) is 5.69 Å². The first-order valence-corrected chi connectivity index (χ1v) is 8.64. The highest BCUT2D eigenvalue weighted by molar-refractivity contribution is 7.99. The van der Waals surface area contributed by atoms with E-state index in [4.69, 9.17) is 0 Å². The molecule has 0 saturated heterocycles.